The van der Waals surface area contributed by atoms with Crippen LogP contribution in [0, 0.1) is 5.82 Å². The van der Waals surface area contributed by atoms with Crippen LogP contribution in [0.25, 0.3) is 0 Å². The summed E-state index contributed by atoms with van der Waals surface area (Å²) in [7, 11) is 0. The van der Waals surface area contributed by atoms with Crippen molar-refractivity contribution in [1.29, 1.82) is 0 Å². The fourth-order valence-corrected chi connectivity index (χ4v) is 1.64. The van der Waals surface area contributed by atoms with Gasteiger partial charge >= 0.3 is 6.18 Å². The Hall–Kier alpha value is -0.660. The Morgan fingerprint density at radius 1 is 1.33 bits per heavy atom. The van der Waals surface area contributed by atoms with Gasteiger partial charge in [-0.05, 0) is 17.7 Å². The molecular weight excluding hydrogens is 320 g/mol. The maximum Gasteiger partial charge on any atom is 0.411 e. The van der Waals surface area contributed by atoms with Crippen molar-refractivity contribution < 1.29 is 27.4 Å². The molecular formula is C11H11BrF4O2. The molecule has 0 aliphatic heterocycles. The average Bonchev–Trinajstić information content (AvgIpc) is 2.20. The van der Waals surface area contributed by atoms with Crippen LogP contribution in [-0.2, 0) is 11.2 Å². The fourth-order valence-electron chi connectivity index (χ4n) is 1.31. The highest BCUT2D eigenvalue weighted by molar-refractivity contribution is 9.10. The second-order valence-corrected chi connectivity index (χ2v) is 4.64. The Labute approximate surface area is 110 Å². The lowest BCUT2D eigenvalue weighted by molar-refractivity contribution is -0.179. The van der Waals surface area contributed by atoms with Gasteiger partial charge in [0.25, 0.3) is 0 Å². The number of aliphatic hydroxyl groups is 1. The molecule has 0 radical (unpaired) electrons. The second kappa shape index (κ2) is 6.49. The summed E-state index contributed by atoms with van der Waals surface area (Å²) in [4.78, 5) is 0. The van der Waals surface area contributed by atoms with Gasteiger partial charge in [-0.3, -0.25) is 0 Å². The van der Waals surface area contributed by atoms with Gasteiger partial charge in [-0.2, -0.15) is 13.2 Å². The average molecular weight is 331 g/mol. The number of rotatable bonds is 5. The van der Waals surface area contributed by atoms with Gasteiger partial charge in [-0.15, -0.1) is 0 Å². The lowest BCUT2D eigenvalue weighted by Gasteiger charge is -2.13. The molecule has 102 valence electrons. The van der Waals surface area contributed by atoms with Crippen molar-refractivity contribution in [2.45, 2.75) is 18.7 Å². The van der Waals surface area contributed by atoms with Gasteiger partial charge in [0.15, 0.2) is 0 Å². The van der Waals surface area contributed by atoms with Crippen LogP contribution in [0.4, 0.5) is 17.6 Å². The summed E-state index contributed by atoms with van der Waals surface area (Å²) in [6.07, 6.45) is -5.71. The minimum atomic E-state index is -4.43. The third kappa shape index (κ3) is 5.79. The van der Waals surface area contributed by atoms with E-state index < -0.39 is 31.3 Å². The molecule has 0 amide bonds. The Morgan fingerprint density at radius 2 is 2.00 bits per heavy atom. The Morgan fingerprint density at radius 3 is 2.56 bits per heavy atom. The van der Waals surface area contributed by atoms with Crippen LogP contribution in [0.5, 0.6) is 0 Å². The number of aliphatic hydroxyl groups excluding tert-OH is 1. The van der Waals surface area contributed by atoms with Crippen LogP contribution >= 0.6 is 15.9 Å². The molecule has 7 heteroatoms. The molecule has 0 spiro atoms. The molecule has 1 N–H and O–H groups in total. The Balaban J connectivity index is 2.42. The second-order valence-electron chi connectivity index (χ2n) is 3.72. The minimum absolute atomic E-state index is 0.100. The van der Waals surface area contributed by atoms with E-state index in [9.17, 15) is 22.7 Å². The summed E-state index contributed by atoms with van der Waals surface area (Å²) in [6.45, 7) is -1.91. The van der Waals surface area contributed by atoms with Gasteiger partial charge in [0, 0.05) is 10.9 Å². The summed E-state index contributed by atoms with van der Waals surface area (Å²) in [5, 5.41) is 9.42. The van der Waals surface area contributed by atoms with Crippen molar-refractivity contribution in [2.24, 2.45) is 0 Å². The number of benzene rings is 1. The molecule has 1 unspecified atom stereocenters. The summed E-state index contributed by atoms with van der Waals surface area (Å²) in [5.41, 5.74) is 0.223. The summed E-state index contributed by atoms with van der Waals surface area (Å²) >= 11 is 3.07. The molecule has 0 aliphatic carbocycles. The molecule has 0 bridgehead atoms. The normalized spacial score (nSPS) is 13.7. The zero-order valence-corrected chi connectivity index (χ0v) is 10.8. The van der Waals surface area contributed by atoms with Gasteiger partial charge in [-0.25, -0.2) is 4.39 Å². The van der Waals surface area contributed by atoms with Crippen molar-refractivity contribution in [2.75, 3.05) is 13.2 Å². The van der Waals surface area contributed by atoms with Crippen molar-refractivity contribution >= 4 is 15.9 Å². The summed E-state index contributed by atoms with van der Waals surface area (Å²) in [5.74, 6) is -0.528. The number of ether oxygens (including phenoxy) is 1. The van der Waals surface area contributed by atoms with Crippen LogP contribution in [0.2, 0.25) is 0 Å². The highest BCUT2D eigenvalue weighted by Gasteiger charge is 2.27. The topological polar surface area (TPSA) is 29.5 Å². The monoisotopic (exact) mass is 330 g/mol. The van der Waals surface area contributed by atoms with Crippen molar-refractivity contribution in [3.8, 4) is 0 Å². The lowest BCUT2D eigenvalue weighted by atomic mass is 10.1. The van der Waals surface area contributed by atoms with Gasteiger partial charge in [-0.1, -0.05) is 22.0 Å². The van der Waals surface area contributed by atoms with Gasteiger partial charge in [0.1, 0.15) is 12.4 Å². The smallest absolute Gasteiger partial charge is 0.390 e. The van der Waals surface area contributed by atoms with Gasteiger partial charge < -0.3 is 9.84 Å². The van der Waals surface area contributed by atoms with Crippen molar-refractivity contribution in [3.63, 3.8) is 0 Å². The molecule has 0 heterocycles. The van der Waals surface area contributed by atoms with E-state index in [4.69, 9.17) is 0 Å². The number of alkyl halides is 3. The first kappa shape index (κ1) is 15.4. The molecule has 1 aromatic rings. The zero-order valence-electron chi connectivity index (χ0n) is 9.18. The molecule has 0 aliphatic rings. The molecule has 0 aromatic heterocycles. The molecule has 2 nitrogen and oxygen atoms in total. The zero-order chi connectivity index (χ0) is 13.8. The fraction of sp³-hybridized carbons (Fsp3) is 0.455. The number of halogens is 5. The minimum Gasteiger partial charge on any atom is -0.390 e. The maximum absolute atomic E-state index is 13.4. The van der Waals surface area contributed by atoms with E-state index in [2.05, 4.69) is 20.7 Å². The Bertz CT molecular complexity index is 395. The van der Waals surface area contributed by atoms with Crippen LogP contribution in [0.3, 0.4) is 0 Å². The lowest BCUT2D eigenvalue weighted by Crippen LogP contribution is -2.24. The standard InChI is InChI=1S/C11H11BrF4O2/c12-8-2-1-7(10(13)4-8)3-9(17)5-18-6-11(14,15)16/h1-2,4,9,17H,3,5-6H2. The van der Waals surface area contributed by atoms with E-state index in [1.165, 1.54) is 12.1 Å². The van der Waals surface area contributed by atoms with E-state index in [0.717, 1.165) is 0 Å². The van der Waals surface area contributed by atoms with E-state index in [0.29, 0.717) is 4.47 Å². The predicted octanol–water partition coefficient (Wildman–Crippen LogP) is 3.07. The van der Waals surface area contributed by atoms with Gasteiger partial charge in [0.05, 0.1) is 12.7 Å². The van der Waals surface area contributed by atoms with E-state index in [1.54, 1.807) is 6.07 Å². The SMILES string of the molecule is OC(COCC(F)(F)F)Cc1ccc(Br)cc1F. The third-order valence-electron chi connectivity index (χ3n) is 2.05. The van der Waals surface area contributed by atoms with Crippen LogP contribution < -0.4 is 0 Å². The predicted molar refractivity (Wildman–Crippen MR) is 60.7 cm³/mol. The quantitative estimate of drug-likeness (QED) is 0.841. The molecule has 0 saturated heterocycles. The van der Waals surface area contributed by atoms with Crippen LogP contribution in [0.1, 0.15) is 5.56 Å². The first-order valence-corrected chi connectivity index (χ1v) is 5.84. The molecule has 1 atom stereocenters. The Kier molecular flexibility index (Phi) is 5.55. The number of hydrogen-bond acceptors (Lipinski definition) is 2. The first-order chi connectivity index (χ1) is 8.28. The molecule has 1 rings (SSSR count). The van der Waals surface area contributed by atoms with E-state index in [-0.39, 0.29) is 12.0 Å². The highest BCUT2D eigenvalue weighted by Crippen LogP contribution is 2.17. The number of hydrogen-bond donors (Lipinski definition) is 1. The third-order valence-corrected chi connectivity index (χ3v) is 2.54. The largest absolute Gasteiger partial charge is 0.411 e. The van der Waals surface area contributed by atoms with Crippen molar-refractivity contribution in [3.05, 3.63) is 34.1 Å². The first-order valence-electron chi connectivity index (χ1n) is 5.04. The molecule has 1 aromatic carbocycles. The van der Waals surface area contributed by atoms with Crippen LogP contribution in [0.15, 0.2) is 22.7 Å². The molecule has 18 heavy (non-hydrogen) atoms. The van der Waals surface area contributed by atoms with Gasteiger partial charge in [0.2, 0.25) is 0 Å². The molecule has 0 saturated carbocycles. The van der Waals surface area contributed by atoms with Crippen molar-refractivity contribution in [1.82, 2.24) is 0 Å². The summed E-state index contributed by atoms with van der Waals surface area (Å²) < 4.78 is 53.5. The van der Waals surface area contributed by atoms with E-state index >= 15 is 0 Å². The highest BCUT2D eigenvalue weighted by atomic mass is 79.9. The van der Waals surface area contributed by atoms with Crippen LogP contribution in [-0.4, -0.2) is 30.6 Å². The maximum atomic E-state index is 13.4. The summed E-state index contributed by atoms with van der Waals surface area (Å²) in [6, 6.07) is 4.26. The van der Waals surface area contributed by atoms with E-state index in [1.807, 2.05) is 0 Å². The molecule has 0 fully saturated rings.